The average molecular weight is 348 g/mol. The summed E-state index contributed by atoms with van der Waals surface area (Å²) in [6.07, 6.45) is 4.18. The number of nitrogens with one attached hydrogen (secondary N) is 1. The van der Waals surface area contributed by atoms with Crippen LogP contribution < -0.4 is 10.2 Å². The number of anilines is 2. The maximum absolute atomic E-state index is 3.59. The van der Waals surface area contributed by atoms with Gasteiger partial charge in [0.05, 0.1) is 0 Å². The first-order valence-electron chi connectivity index (χ1n) is 9.25. The maximum atomic E-state index is 3.59. The Hall–Kier alpha value is -2.42. The third kappa shape index (κ3) is 3.87. The maximum Gasteiger partial charge on any atom is 0.212 e. The molecule has 0 spiro atoms. The summed E-state index contributed by atoms with van der Waals surface area (Å²) in [6.45, 7) is 18.2. The monoisotopic (exact) mass is 347 g/mol. The molecule has 2 aromatic rings. The number of aryl methyl sites for hydroxylation is 6. The summed E-state index contributed by atoms with van der Waals surface area (Å²) in [5, 5.41) is 3.59. The molecule has 3 heteroatoms. The molecule has 3 nitrogen and oxygen atoms in total. The lowest BCUT2D eigenvalue weighted by Crippen LogP contribution is -2.25. The molecule has 1 heterocycles. The van der Waals surface area contributed by atoms with Crippen LogP contribution in [-0.4, -0.2) is 18.0 Å². The van der Waals surface area contributed by atoms with Gasteiger partial charge in [-0.1, -0.05) is 35.4 Å². The molecule has 0 atom stereocenters. The lowest BCUT2D eigenvalue weighted by molar-refractivity contribution is 0.485. The zero-order valence-corrected chi connectivity index (χ0v) is 16.8. The molecule has 0 saturated heterocycles. The molecular weight excluding hydrogens is 318 g/mol. The molecule has 1 aliphatic rings. The first-order valence-corrected chi connectivity index (χ1v) is 9.25. The molecule has 0 aromatic heterocycles. The molecule has 2 radical (unpaired) electrons. The van der Waals surface area contributed by atoms with Crippen molar-refractivity contribution in [3.63, 3.8) is 0 Å². The van der Waals surface area contributed by atoms with Crippen LogP contribution in [0, 0.1) is 48.2 Å². The quantitative estimate of drug-likeness (QED) is 0.798. The van der Waals surface area contributed by atoms with Gasteiger partial charge in [0.2, 0.25) is 6.67 Å². The molecule has 26 heavy (non-hydrogen) atoms. The lowest BCUT2D eigenvalue weighted by atomic mass is 10.0. The Labute approximate surface area is 158 Å². The van der Waals surface area contributed by atoms with Crippen LogP contribution >= 0.6 is 0 Å². The Morgan fingerprint density at radius 2 is 1.31 bits per heavy atom. The molecule has 1 aliphatic heterocycles. The van der Waals surface area contributed by atoms with Gasteiger partial charge in [-0.05, 0) is 63.8 Å². The SMILES string of the molecule is Cc1cc(C)c(NCCN2[C]N(c3c(C)cc(C)cc3C)C=C2)c(C)c1. The van der Waals surface area contributed by atoms with E-state index in [9.17, 15) is 0 Å². The second-order valence-corrected chi connectivity index (χ2v) is 7.41. The topological polar surface area (TPSA) is 18.5 Å². The van der Waals surface area contributed by atoms with E-state index >= 15 is 0 Å². The molecular formula is C23H29N3. The summed E-state index contributed by atoms with van der Waals surface area (Å²) >= 11 is 0. The first kappa shape index (κ1) is 18.4. The van der Waals surface area contributed by atoms with Gasteiger partial charge in [-0.25, -0.2) is 0 Å². The summed E-state index contributed by atoms with van der Waals surface area (Å²) in [4.78, 5) is 4.22. The molecule has 0 bridgehead atoms. The highest BCUT2D eigenvalue weighted by atomic mass is 15.3. The number of benzene rings is 2. The normalized spacial score (nSPS) is 13.6. The number of rotatable bonds is 5. The van der Waals surface area contributed by atoms with Crippen molar-refractivity contribution in [2.24, 2.45) is 0 Å². The van der Waals surface area contributed by atoms with E-state index in [4.69, 9.17) is 0 Å². The molecule has 0 amide bonds. The van der Waals surface area contributed by atoms with Crippen molar-refractivity contribution in [3.05, 3.63) is 76.7 Å². The van der Waals surface area contributed by atoms with E-state index in [0.717, 1.165) is 13.1 Å². The molecule has 2 aromatic carbocycles. The van der Waals surface area contributed by atoms with Gasteiger partial charge in [-0.15, -0.1) is 0 Å². The second-order valence-electron chi connectivity index (χ2n) is 7.41. The van der Waals surface area contributed by atoms with Crippen molar-refractivity contribution < 1.29 is 0 Å². The van der Waals surface area contributed by atoms with E-state index in [1.54, 1.807) is 0 Å². The Morgan fingerprint density at radius 1 is 0.769 bits per heavy atom. The largest absolute Gasteiger partial charge is 0.383 e. The molecule has 0 fully saturated rings. The third-order valence-corrected chi connectivity index (χ3v) is 4.84. The van der Waals surface area contributed by atoms with Crippen LogP contribution in [0.2, 0.25) is 0 Å². The van der Waals surface area contributed by atoms with Crippen LogP contribution in [0.15, 0.2) is 36.7 Å². The van der Waals surface area contributed by atoms with E-state index in [2.05, 4.69) is 100.0 Å². The third-order valence-electron chi connectivity index (χ3n) is 4.84. The van der Waals surface area contributed by atoms with Crippen LogP contribution in [0.1, 0.15) is 33.4 Å². The number of nitrogens with zero attached hydrogens (tertiary/aromatic N) is 2. The highest BCUT2D eigenvalue weighted by molar-refractivity contribution is 5.64. The van der Waals surface area contributed by atoms with Gasteiger partial charge in [0.25, 0.3) is 0 Å². The van der Waals surface area contributed by atoms with Crippen LogP contribution in [0.5, 0.6) is 0 Å². The fraction of sp³-hybridized carbons (Fsp3) is 0.348. The van der Waals surface area contributed by atoms with Crippen LogP contribution in [-0.2, 0) is 0 Å². The van der Waals surface area contributed by atoms with Crippen LogP contribution in [0.4, 0.5) is 11.4 Å². The van der Waals surface area contributed by atoms with E-state index < -0.39 is 0 Å². The number of hydrogen-bond donors (Lipinski definition) is 1. The second kappa shape index (κ2) is 7.45. The lowest BCUT2D eigenvalue weighted by Gasteiger charge is -2.23. The van der Waals surface area contributed by atoms with E-state index in [0.29, 0.717) is 0 Å². The Balaban J connectivity index is 1.59. The Bertz CT molecular complexity index is 789. The fourth-order valence-electron chi connectivity index (χ4n) is 3.91. The van der Waals surface area contributed by atoms with Gasteiger partial charge in [-0.2, -0.15) is 0 Å². The molecule has 0 aliphatic carbocycles. The number of hydrogen-bond acceptors (Lipinski definition) is 3. The molecule has 1 N–H and O–H groups in total. The Kier molecular flexibility index (Phi) is 5.26. The van der Waals surface area contributed by atoms with Gasteiger partial charge in [0.15, 0.2) is 0 Å². The van der Waals surface area contributed by atoms with Gasteiger partial charge >= 0.3 is 0 Å². The Morgan fingerprint density at radius 3 is 1.88 bits per heavy atom. The van der Waals surface area contributed by atoms with Gasteiger partial charge in [0.1, 0.15) is 0 Å². The fourth-order valence-corrected chi connectivity index (χ4v) is 3.91. The molecule has 0 unspecified atom stereocenters. The van der Waals surface area contributed by atoms with Crippen LogP contribution in [0.25, 0.3) is 0 Å². The zero-order valence-electron chi connectivity index (χ0n) is 16.8. The predicted molar refractivity (Wildman–Crippen MR) is 111 cm³/mol. The minimum atomic E-state index is 0.877. The standard InChI is InChI=1S/C23H29N3/c1-16-11-18(3)22(19(4)12-16)24-7-8-25-9-10-26(15-25)23-20(5)13-17(2)14-21(23)6/h9-14,24H,7-8H2,1-6H3. The van der Waals surface area contributed by atoms with E-state index in [-0.39, 0.29) is 0 Å². The highest BCUT2D eigenvalue weighted by Crippen LogP contribution is 2.30. The van der Waals surface area contributed by atoms with Crippen molar-refractivity contribution in [3.8, 4) is 0 Å². The molecule has 136 valence electrons. The smallest absolute Gasteiger partial charge is 0.212 e. The van der Waals surface area contributed by atoms with Crippen molar-refractivity contribution in [2.45, 2.75) is 41.5 Å². The van der Waals surface area contributed by atoms with Gasteiger partial charge in [0, 0.05) is 36.9 Å². The van der Waals surface area contributed by atoms with Crippen molar-refractivity contribution in [1.82, 2.24) is 4.90 Å². The average Bonchev–Trinajstić information content (AvgIpc) is 2.97. The minimum Gasteiger partial charge on any atom is -0.383 e. The molecule has 0 saturated carbocycles. The summed E-state index contributed by atoms with van der Waals surface area (Å²) in [6, 6.07) is 8.91. The predicted octanol–water partition coefficient (Wildman–Crippen LogP) is 5.24. The zero-order chi connectivity index (χ0) is 18.8. The van der Waals surface area contributed by atoms with Crippen molar-refractivity contribution in [1.29, 1.82) is 0 Å². The van der Waals surface area contributed by atoms with E-state index in [1.807, 2.05) is 0 Å². The minimum absolute atomic E-state index is 0.877. The highest BCUT2D eigenvalue weighted by Gasteiger charge is 2.19. The first-order chi connectivity index (χ1) is 12.3. The summed E-state index contributed by atoms with van der Waals surface area (Å²) in [7, 11) is 0. The van der Waals surface area contributed by atoms with E-state index in [1.165, 1.54) is 44.8 Å². The van der Waals surface area contributed by atoms with Gasteiger partial charge in [-0.3, -0.25) is 0 Å². The van der Waals surface area contributed by atoms with Crippen molar-refractivity contribution >= 4 is 11.4 Å². The van der Waals surface area contributed by atoms with Gasteiger partial charge < -0.3 is 15.1 Å². The van der Waals surface area contributed by atoms with Crippen LogP contribution in [0.3, 0.4) is 0 Å². The summed E-state index contributed by atoms with van der Waals surface area (Å²) in [5.41, 5.74) is 10.3. The molecule has 3 rings (SSSR count). The summed E-state index contributed by atoms with van der Waals surface area (Å²) < 4.78 is 0. The van der Waals surface area contributed by atoms with Crippen molar-refractivity contribution in [2.75, 3.05) is 23.3 Å². The summed E-state index contributed by atoms with van der Waals surface area (Å²) in [5.74, 6) is 0.